The van der Waals surface area contributed by atoms with Crippen molar-refractivity contribution in [3.8, 4) is 0 Å². The van der Waals surface area contributed by atoms with Gasteiger partial charge in [0.05, 0.1) is 22.3 Å². The van der Waals surface area contributed by atoms with Crippen LogP contribution in [0.25, 0.3) is 0 Å². The summed E-state index contributed by atoms with van der Waals surface area (Å²) in [7, 11) is -3.75. The molecule has 7 heteroatoms. The highest BCUT2D eigenvalue weighted by Gasteiger charge is 2.17. The summed E-state index contributed by atoms with van der Waals surface area (Å²) < 4.78 is 28.0. The molecule has 3 aromatic rings. The predicted molar refractivity (Wildman–Crippen MR) is 113 cm³/mol. The molecule has 6 nitrogen and oxygen atoms in total. The van der Waals surface area contributed by atoms with Crippen molar-refractivity contribution in [2.45, 2.75) is 31.7 Å². The van der Waals surface area contributed by atoms with Crippen LogP contribution in [0, 0.1) is 13.8 Å². The number of aromatic nitrogens is 1. The van der Waals surface area contributed by atoms with Crippen LogP contribution in [-0.2, 0) is 10.0 Å². The van der Waals surface area contributed by atoms with Gasteiger partial charge in [-0.25, -0.2) is 8.42 Å². The van der Waals surface area contributed by atoms with Gasteiger partial charge >= 0.3 is 0 Å². The summed E-state index contributed by atoms with van der Waals surface area (Å²) in [6, 6.07) is 16.5. The van der Waals surface area contributed by atoms with E-state index >= 15 is 0 Å². The molecule has 1 amide bonds. The number of nitrogens with zero attached hydrogens (tertiary/aromatic N) is 1. The van der Waals surface area contributed by atoms with Crippen LogP contribution in [0.5, 0.6) is 0 Å². The SMILES string of the molecule is Cc1cccc(NS(=O)(=O)c2ccc(C(=O)NC(C)c3ccccn3)cc2)c1C. The highest BCUT2D eigenvalue weighted by molar-refractivity contribution is 7.92. The van der Waals surface area contributed by atoms with Crippen molar-refractivity contribution in [3.05, 3.63) is 89.2 Å². The van der Waals surface area contributed by atoms with Gasteiger partial charge in [0.25, 0.3) is 15.9 Å². The summed E-state index contributed by atoms with van der Waals surface area (Å²) in [4.78, 5) is 16.8. The average molecular weight is 410 g/mol. The maximum atomic E-state index is 12.7. The Bertz CT molecular complexity index is 1110. The number of sulfonamides is 1. The number of pyridine rings is 1. The number of aryl methyl sites for hydroxylation is 1. The van der Waals surface area contributed by atoms with Crippen LogP contribution in [0.2, 0.25) is 0 Å². The molecule has 1 unspecified atom stereocenters. The summed E-state index contributed by atoms with van der Waals surface area (Å²) >= 11 is 0. The summed E-state index contributed by atoms with van der Waals surface area (Å²) in [6.45, 7) is 5.63. The van der Waals surface area contributed by atoms with Crippen molar-refractivity contribution < 1.29 is 13.2 Å². The standard InChI is InChI=1S/C22H23N3O3S/c1-15-7-6-9-20(16(15)2)25-29(27,28)19-12-10-18(11-13-19)22(26)24-17(3)21-8-4-5-14-23-21/h4-14,17,25H,1-3H3,(H,24,26). The predicted octanol–water partition coefficient (Wildman–Crippen LogP) is 3.99. The van der Waals surface area contributed by atoms with Crippen LogP contribution >= 0.6 is 0 Å². The van der Waals surface area contributed by atoms with Gasteiger partial charge in [-0.1, -0.05) is 18.2 Å². The second kappa shape index (κ2) is 8.45. The molecule has 1 atom stereocenters. The van der Waals surface area contributed by atoms with Crippen LogP contribution in [0.1, 0.15) is 40.1 Å². The molecule has 0 fully saturated rings. The summed E-state index contributed by atoms with van der Waals surface area (Å²) in [5.41, 5.74) is 3.53. The van der Waals surface area contributed by atoms with Crippen molar-refractivity contribution in [3.63, 3.8) is 0 Å². The Labute approximate surface area is 171 Å². The molecule has 0 radical (unpaired) electrons. The molecule has 2 N–H and O–H groups in total. The zero-order valence-corrected chi connectivity index (χ0v) is 17.3. The maximum absolute atomic E-state index is 12.7. The number of nitrogens with one attached hydrogen (secondary N) is 2. The maximum Gasteiger partial charge on any atom is 0.261 e. The smallest absolute Gasteiger partial charge is 0.261 e. The largest absolute Gasteiger partial charge is 0.344 e. The minimum Gasteiger partial charge on any atom is -0.344 e. The quantitative estimate of drug-likeness (QED) is 0.644. The molecular weight excluding hydrogens is 386 g/mol. The van der Waals surface area contributed by atoms with E-state index in [1.165, 1.54) is 24.3 Å². The third-order valence-electron chi connectivity index (χ3n) is 4.75. The Morgan fingerprint density at radius 1 is 0.966 bits per heavy atom. The van der Waals surface area contributed by atoms with Gasteiger partial charge in [-0.05, 0) is 74.4 Å². The number of rotatable bonds is 6. The second-order valence-corrected chi connectivity index (χ2v) is 8.51. The van der Waals surface area contributed by atoms with Crippen LogP contribution < -0.4 is 10.0 Å². The lowest BCUT2D eigenvalue weighted by Crippen LogP contribution is -2.27. The van der Waals surface area contributed by atoms with Gasteiger partial charge in [0.2, 0.25) is 0 Å². The lowest BCUT2D eigenvalue weighted by Gasteiger charge is -2.14. The fourth-order valence-corrected chi connectivity index (χ4v) is 3.96. The third-order valence-corrected chi connectivity index (χ3v) is 6.14. The molecule has 0 aliphatic heterocycles. The highest BCUT2D eigenvalue weighted by Crippen LogP contribution is 2.22. The molecule has 0 aliphatic carbocycles. The minimum atomic E-state index is -3.75. The van der Waals surface area contributed by atoms with E-state index in [1.807, 2.05) is 45.0 Å². The number of anilines is 1. The molecule has 0 spiro atoms. The number of hydrogen-bond acceptors (Lipinski definition) is 4. The van der Waals surface area contributed by atoms with Crippen molar-refractivity contribution in [1.29, 1.82) is 0 Å². The van der Waals surface area contributed by atoms with Gasteiger partial charge in [-0.15, -0.1) is 0 Å². The van der Waals surface area contributed by atoms with Crippen LogP contribution in [0.3, 0.4) is 0 Å². The van der Waals surface area contributed by atoms with Gasteiger partial charge in [-0.3, -0.25) is 14.5 Å². The highest BCUT2D eigenvalue weighted by atomic mass is 32.2. The van der Waals surface area contributed by atoms with E-state index in [4.69, 9.17) is 0 Å². The van der Waals surface area contributed by atoms with Crippen molar-refractivity contribution in [2.75, 3.05) is 4.72 Å². The van der Waals surface area contributed by atoms with Crippen molar-refractivity contribution in [2.24, 2.45) is 0 Å². The number of benzene rings is 2. The average Bonchev–Trinajstić information content (AvgIpc) is 2.72. The normalized spacial score (nSPS) is 12.2. The topological polar surface area (TPSA) is 88.2 Å². The Morgan fingerprint density at radius 2 is 1.69 bits per heavy atom. The Morgan fingerprint density at radius 3 is 2.34 bits per heavy atom. The summed E-state index contributed by atoms with van der Waals surface area (Å²) in [5, 5.41) is 2.86. The van der Waals surface area contributed by atoms with Crippen molar-refractivity contribution in [1.82, 2.24) is 10.3 Å². The van der Waals surface area contributed by atoms with Gasteiger partial charge in [0.1, 0.15) is 0 Å². The molecule has 0 bridgehead atoms. The van der Waals surface area contributed by atoms with Gasteiger partial charge < -0.3 is 5.32 Å². The zero-order chi connectivity index (χ0) is 21.0. The number of hydrogen-bond donors (Lipinski definition) is 2. The van der Waals surface area contributed by atoms with Crippen LogP contribution in [-0.4, -0.2) is 19.3 Å². The molecule has 2 aromatic carbocycles. The van der Waals surface area contributed by atoms with Gasteiger partial charge in [0, 0.05) is 11.8 Å². The van der Waals surface area contributed by atoms with Crippen LogP contribution in [0.15, 0.2) is 71.8 Å². The Hall–Kier alpha value is -3.19. The molecule has 29 heavy (non-hydrogen) atoms. The molecular formula is C22H23N3O3S. The first-order valence-corrected chi connectivity index (χ1v) is 10.7. The minimum absolute atomic E-state index is 0.0905. The fraction of sp³-hybridized carbons (Fsp3) is 0.182. The lowest BCUT2D eigenvalue weighted by molar-refractivity contribution is 0.0939. The fourth-order valence-electron chi connectivity index (χ4n) is 2.84. The molecule has 150 valence electrons. The summed E-state index contributed by atoms with van der Waals surface area (Å²) in [6.07, 6.45) is 1.67. The number of amides is 1. The molecule has 3 rings (SSSR count). The van der Waals surface area contributed by atoms with Gasteiger partial charge in [-0.2, -0.15) is 0 Å². The van der Waals surface area contributed by atoms with E-state index in [-0.39, 0.29) is 16.8 Å². The zero-order valence-electron chi connectivity index (χ0n) is 16.5. The van der Waals surface area contributed by atoms with E-state index in [1.54, 1.807) is 18.3 Å². The van der Waals surface area contributed by atoms with Gasteiger partial charge in [0.15, 0.2) is 0 Å². The van der Waals surface area contributed by atoms with E-state index in [9.17, 15) is 13.2 Å². The molecule has 0 aliphatic rings. The van der Waals surface area contributed by atoms with E-state index in [0.29, 0.717) is 11.3 Å². The molecule has 1 aromatic heterocycles. The van der Waals surface area contributed by atoms with E-state index in [2.05, 4.69) is 15.0 Å². The molecule has 0 saturated heterocycles. The third kappa shape index (κ3) is 4.81. The monoisotopic (exact) mass is 409 g/mol. The first-order chi connectivity index (χ1) is 13.8. The summed E-state index contributed by atoms with van der Waals surface area (Å²) in [5.74, 6) is -0.297. The van der Waals surface area contributed by atoms with Crippen molar-refractivity contribution >= 4 is 21.6 Å². The van der Waals surface area contributed by atoms with E-state index in [0.717, 1.165) is 16.8 Å². The molecule has 0 saturated carbocycles. The van der Waals surface area contributed by atoms with E-state index < -0.39 is 10.0 Å². The Balaban J connectivity index is 1.73. The van der Waals surface area contributed by atoms with Crippen LogP contribution in [0.4, 0.5) is 5.69 Å². The molecule has 1 heterocycles. The first kappa shape index (κ1) is 20.5. The number of carbonyl (C=O) groups excluding carboxylic acids is 1. The lowest BCUT2D eigenvalue weighted by atomic mass is 10.1. The second-order valence-electron chi connectivity index (χ2n) is 6.83. The Kier molecular flexibility index (Phi) is 5.98. The first-order valence-electron chi connectivity index (χ1n) is 9.19. The number of carbonyl (C=O) groups is 1.